The predicted molar refractivity (Wildman–Crippen MR) is 143 cm³/mol. The minimum absolute atomic E-state index is 0.0542. The van der Waals surface area contributed by atoms with Crippen LogP contribution < -0.4 is 14.8 Å². The number of hydrogen-bond acceptors (Lipinski definition) is 6. The number of rotatable bonds is 15. The lowest BCUT2D eigenvalue weighted by molar-refractivity contribution is -0.137. The molecule has 3 N–H and O–H groups in total. The van der Waals surface area contributed by atoms with Crippen LogP contribution in [0.5, 0.6) is 11.5 Å². The smallest absolute Gasteiger partial charge is 0.303 e. The van der Waals surface area contributed by atoms with Crippen molar-refractivity contribution in [2.45, 2.75) is 37.4 Å². The summed E-state index contributed by atoms with van der Waals surface area (Å²) in [4.78, 5) is 22.6. The Balaban J connectivity index is 1.82. The van der Waals surface area contributed by atoms with Gasteiger partial charge in [0, 0.05) is 19.4 Å². The van der Waals surface area contributed by atoms with Gasteiger partial charge in [-0.05, 0) is 53.8 Å². The molecule has 8 nitrogen and oxygen atoms in total. The maximum absolute atomic E-state index is 12.0. The van der Waals surface area contributed by atoms with E-state index in [1.807, 2.05) is 78.9 Å². The summed E-state index contributed by atoms with van der Waals surface area (Å²) in [5.74, 6) is 0.215. The molecule has 3 aromatic rings. The van der Waals surface area contributed by atoms with E-state index in [2.05, 4.69) is 5.32 Å². The number of carboxylic acids is 1. The van der Waals surface area contributed by atoms with Gasteiger partial charge in [-0.1, -0.05) is 54.6 Å². The first-order valence-electron chi connectivity index (χ1n) is 12.5. The molecule has 0 saturated carbocycles. The number of amides is 1. The Morgan fingerprint density at radius 3 is 1.84 bits per heavy atom. The third-order valence-electron chi connectivity index (χ3n) is 6.27. The van der Waals surface area contributed by atoms with Crippen molar-refractivity contribution in [3.05, 3.63) is 95.6 Å². The van der Waals surface area contributed by atoms with Gasteiger partial charge in [-0.25, -0.2) is 0 Å². The molecule has 0 fully saturated rings. The molecule has 38 heavy (non-hydrogen) atoms. The molecule has 0 saturated heterocycles. The summed E-state index contributed by atoms with van der Waals surface area (Å²) in [6.07, 6.45) is -0.275. The fourth-order valence-corrected chi connectivity index (χ4v) is 4.24. The summed E-state index contributed by atoms with van der Waals surface area (Å²) in [5, 5.41) is 21.9. The van der Waals surface area contributed by atoms with Crippen LogP contribution in [0.15, 0.2) is 78.9 Å². The Kier molecular flexibility index (Phi) is 10.7. The third-order valence-corrected chi connectivity index (χ3v) is 6.27. The highest BCUT2D eigenvalue weighted by Crippen LogP contribution is 2.41. The Bertz CT molecular complexity index is 1100. The molecule has 0 spiro atoms. The van der Waals surface area contributed by atoms with Crippen molar-refractivity contribution in [2.24, 2.45) is 0 Å². The van der Waals surface area contributed by atoms with Crippen molar-refractivity contribution in [3.63, 3.8) is 0 Å². The number of ether oxygens (including phenoxy) is 3. The van der Waals surface area contributed by atoms with Gasteiger partial charge >= 0.3 is 5.97 Å². The number of carbonyl (C=O) groups is 2. The second kappa shape index (κ2) is 14.2. The average molecular weight is 522 g/mol. The van der Waals surface area contributed by atoms with E-state index < -0.39 is 17.7 Å². The van der Waals surface area contributed by atoms with Gasteiger partial charge in [0.05, 0.1) is 26.9 Å². The number of carbonyl (C=O) groups excluding carboxylic acids is 1. The minimum Gasteiger partial charge on any atom is -0.497 e. The molecule has 1 atom stereocenters. The van der Waals surface area contributed by atoms with Crippen molar-refractivity contribution >= 4 is 11.9 Å². The summed E-state index contributed by atoms with van der Waals surface area (Å²) in [6, 6.07) is 25.2. The molecule has 8 heteroatoms. The standard InChI is InChI=1S/C30H35NO7/c1-36-26-15-11-23(12-16-26)30(22-7-4-3-5-8-22,24-13-17-27(37-2)18-14-24)38-20-19-25(32)21-31-28(33)9-6-10-29(34)35/h3-5,7-8,11-18,25,32H,6,9-10,19-21H2,1-2H3,(H,31,33)(H,34,35). The van der Waals surface area contributed by atoms with Crippen molar-refractivity contribution in [3.8, 4) is 11.5 Å². The second-order valence-electron chi connectivity index (χ2n) is 8.85. The molecule has 0 aromatic heterocycles. The van der Waals surface area contributed by atoms with E-state index in [0.29, 0.717) is 0 Å². The SMILES string of the molecule is COc1ccc(C(OCCC(O)CNC(=O)CCCC(=O)O)(c2ccccc2)c2ccc(OC)cc2)cc1. The van der Waals surface area contributed by atoms with Crippen LogP contribution >= 0.6 is 0 Å². The normalized spacial score (nSPS) is 12.0. The Morgan fingerprint density at radius 1 is 0.816 bits per heavy atom. The van der Waals surface area contributed by atoms with E-state index in [1.54, 1.807) is 14.2 Å². The predicted octanol–water partition coefficient (Wildman–Crippen LogP) is 4.13. The van der Waals surface area contributed by atoms with E-state index in [-0.39, 0.29) is 44.7 Å². The molecule has 0 radical (unpaired) electrons. The largest absolute Gasteiger partial charge is 0.497 e. The van der Waals surface area contributed by atoms with Gasteiger partial charge in [0.15, 0.2) is 0 Å². The van der Waals surface area contributed by atoms with E-state index in [1.165, 1.54) is 0 Å². The number of nitrogens with one attached hydrogen (secondary N) is 1. The minimum atomic E-state index is -0.987. The lowest BCUT2D eigenvalue weighted by Gasteiger charge is -2.36. The number of aliphatic hydroxyl groups is 1. The van der Waals surface area contributed by atoms with E-state index >= 15 is 0 Å². The molecule has 1 unspecified atom stereocenters. The third kappa shape index (κ3) is 7.57. The quantitative estimate of drug-likeness (QED) is 0.258. The maximum atomic E-state index is 12.0. The monoisotopic (exact) mass is 521 g/mol. The Hall–Kier alpha value is -3.88. The summed E-state index contributed by atoms with van der Waals surface area (Å²) in [5.41, 5.74) is 1.70. The summed E-state index contributed by atoms with van der Waals surface area (Å²) >= 11 is 0. The first-order valence-corrected chi connectivity index (χ1v) is 12.5. The fourth-order valence-electron chi connectivity index (χ4n) is 4.24. The summed E-state index contributed by atoms with van der Waals surface area (Å²) < 4.78 is 17.4. The van der Waals surface area contributed by atoms with Gasteiger partial charge in [-0.15, -0.1) is 0 Å². The molecule has 0 aliphatic carbocycles. The Labute approximate surface area is 223 Å². The van der Waals surface area contributed by atoms with Gasteiger partial charge in [0.25, 0.3) is 0 Å². The zero-order chi connectivity index (χ0) is 27.4. The number of aliphatic carboxylic acids is 1. The van der Waals surface area contributed by atoms with Crippen LogP contribution in [0.2, 0.25) is 0 Å². The van der Waals surface area contributed by atoms with Crippen LogP contribution in [-0.4, -0.2) is 55.6 Å². The van der Waals surface area contributed by atoms with E-state index in [9.17, 15) is 14.7 Å². The molecule has 202 valence electrons. The van der Waals surface area contributed by atoms with Crippen LogP contribution in [0.4, 0.5) is 0 Å². The maximum Gasteiger partial charge on any atom is 0.303 e. The van der Waals surface area contributed by atoms with Crippen molar-refractivity contribution < 1.29 is 34.0 Å². The average Bonchev–Trinajstić information content (AvgIpc) is 2.95. The second-order valence-corrected chi connectivity index (χ2v) is 8.85. The van der Waals surface area contributed by atoms with Crippen LogP contribution in [0.1, 0.15) is 42.4 Å². The van der Waals surface area contributed by atoms with E-state index in [0.717, 1.165) is 28.2 Å². The zero-order valence-electron chi connectivity index (χ0n) is 21.8. The molecular weight excluding hydrogens is 486 g/mol. The molecule has 3 rings (SSSR count). The summed E-state index contributed by atoms with van der Waals surface area (Å²) in [7, 11) is 3.23. The highest BCUT2D eigenvalue weighted by Gasteiger charge is 2.38. The highest BCUT2D eigenvalue weighted by atomic mass is 16.5. The number of carboxylic acid groups (broad SMARTS) is 1. The van der Waals surface area contributed by atoms with Crippen LogP contribution in [0, 0.1) is 0 Å². The lowest BCUT2D eigenvalue weighted by atomic mass is 9.80. The number of aliphatic hydroxyl groups excluding tert-OH is 1. The van der Waals surface area contributed by atoms with E-state index in [4.69, 9.17) is 19.3 Å². The molecule has 3 aromatic carbocycles. The van der Waals surface area contributed by atoms with Crippen LogP contribution in [0.3, 0.4) is 0 Å². The molecule has 0 aliphatic rings. The van der Waals surface area contributed by atoms with Gasteiger partial charge in [0.2, 0.25) is 5.91 Å². The molecule has 0 bridgehead atoms. The van der Waals surface area contributed by atoms with Crippen molar-refractivity contribution in [1.82, 2.24) is 5.32 Å². The number of benzene rings is 3. The number of hydrogen-bond donors (Lipinski definition) is 3. The molecule has 0 aliphatic heterocycles. The fraction of sp³-hybridized carbons (Fsp3) is 0.333. The van der Waals surface area contributed by atoms with Crippen LogP contribution in [-0.2, 0) is 19.9 Å². The van der Waals surface area contributed by atoms with Gasteiger partial charge < -0.3 is 29.7 Å². The zero-order valence-corrected chi connectivity index (χ0v) is 21.8. The Morgan fingerprint density at radius 2 is 1.34 bits per heavy atom. The summed E-state index contributed by atoms with van der Waals surface area (Å²) in [6.45, 7) is 0.252. The topological polar surface area (TPSA) is 114 Å². The molecule has 0 heterocycles. The number of methoxy groups -OCH3 is 2. The van der Waals surface area contributed by atoms with Crippen molar-refractivity contribution in [1.29, 1.82) is 0 Å². The van der Waals surface area contributed by atoms with Gasteiger partial charge in [-0.2, -0.15) is 0 Å². The first kappa shape index (κ1) is 28.7. The van der Waals surface area contributed by atoms with Crippen LogP contribution in [0.25, 0.3) is 0 Å². The van der Waals surface area contributed by atoms with Crippen molar-refractivity contribution in [2.75, 3.05) is 27.4 Å². The van der Waals surface area contributed by atoms with Gasteiger partial charge in [-0.3, -0.25) is 9.59 Å². The van der Waals surface area contributed by atoms with Gasteiger partial charge in [0.1, 0.15) is 17.1 Å². The highest BCUT2D eigenvalue weighted by molar-refractivity contribution is 5.76. The molecular formula is C30H35NO7. The molecule has 1 amide bonds. The lowest BCUT2D eigenvalue weighted by Crippen LogP contribution is -2.36. The first-order chi connectivity index (χ1) is 18.4.